The Kier molecular flexibility index (Phi) is 4.67. The Morgan fingerprint density at radius 3 is 2.78 bits per heavy atom. The lowest BCUT2D eigenvalue weighted by molar-refractivity contribution is 0.441. The van der Waals surface area contributed by atoms with Gasteiger partial charge in [-0.15, -0.1) is 0 Å². The summed E-state index contributed by atoms with van der Waals surface area (Å²) < 4.78 is 5.58. The average molecular weight is 243 g/mol. The Labute approximate surface area is 107 Å². The molecule has 4 heteroatoms. The summed E-state index contributed by atoms with van der Waals surface area (Å²) in [5.74, 6) is 0.761. The van der Waals surface area contributed by atoms with Gasteiger partial charge in [0.05, 0.1) is 0 Å². The maximum Gasteiger partial charge on any atom is 0.321 e. The maximum absolute atomic E-state index is 5.58. The summed E-state index contributed by atoms with van der Waals surface area (Å²) in [4.78, 5) is 8.06. The van der Waals surface area contributed by atoms with E-state index in [4.69, 9.17) is 4.74 Å². The fourth-order valence-corrected chi connectivity index (χ4v) is 1.57. The predicted octanol–water partition coefficient (Wildman–Crippen LogP) is 2.77. The van der Waals surface area contributed by atoms with Crippen LogP contribution in [0.3, 0.4) is 0 Å². The predicted molar refractivity (Wildman–Crippen MR) is 70.5 cm³/mol. The molecule has 0 fully saturated rings. The van der Waals surface area contributed by atoms with Crippen LogP contribution in [0.5, 0.6) is 11.8 Å². The van der Waals surface area contributed by atoms with Crippen molar-refractivity contribution in [3.05, 3.63) is 48.3 Å². The highest BCUT2D eigenvalue weighted by atomic mass is 16.5. The van der Waals surface area contributed by atoms with Crippen molar-refractivity contribution in [1.29, 1.82) is 0 Å². The van der Waals surface area contributed by atoms with Crippen molar-refractivity contribution in [3.8, 4) is 11.8 Å². The van der Waals surface area contributed by atoms with Gasteiger partial charge in [0, 0.05) is 18.9 Å². The quantitative estimate of drug-likeness (QED) is 0.792. The number of nitrogens with zero attached hydrogens (tertiary/aromatic N) is 2. The monoisotopic (exact) mass is 243 g/mol. The summed E-state index contributed by atoms with van der Waals surface area (Å²) in [7, 11) is 0. The van der Waals surface area contributed by atoms with E-state index in [0.717, 1.165) is 25.3 Å². The lowest BCUT2D eigenvalue weighted by Crippen LogP contribution is -2.13. The zero-order valence-electron chi connectivity index (χ0n) is 10.5. The number of nitrogens with one attached hydrogen (secondary N) is 1. The Balaban J connectivity index is 1.99. The second kappa shape index (κ2) is 6.71. The lowest BCUT2D eigenvalue weighted by Gasteiger charge is -2.06. The molecule has 0 unspecified atom stereocenters. The van der Waals surface area contributed by atoms with Gasteiger partial charge in [-0.25, -0.2) is 9.97 Å². The van der Waals surface area contributed by atoms with Gasteiger partial charge in [-0.05, 0) is 36.7 Å². The van der Waals surface area contributed by atoms with Crippen molar-refractivity contribution in [1.82, 2.24) is 15.3 Å². The standard InChI is InChI=1S/C14H17N3O/c1-2-7-15-11-12-5-3-6-13(10-12)18-14-16-8-4-9-17-14/h3-6,8-10,15H,2,7,11H2,1H3. The molecule has 0 bridgehead atoms. The molecule has 0 radical (unpaired) electrons. The van der Waals surface area contributed by atoms with E-state index < -0.39 is 0 Å². The lowest BCUT2D eigenvalue weighted by atomic mass is 10.2. The average Bonchev–Trinajstić information content (AvgIpc) is 2.41. The molecular formula is C14H17N3O. The number of aromatic nitrogens is 2. The first-order valence-electron chi connectivity index (χ1n) is 6.13. The van der Waals surface area contributed by atoms with Crippen LogP contribution in [0.1, 0.15) is 18.9 Å². The van der Waals surface area contributed by atoms with Crippen LogP contribution < -0.4 is 10.1 Å². The fourth-order valence-electron chi connectivity index (χ4n) is 1.57. The molecule has 2 rings (SSSR count). The zero-order valence-corrected chi connectivity index (χ0v) is 10.5. The van der Waals surface area contributed by atoms with Gasteiger partial charge in [-0.1, -0.05) is 19.1 Å². The van der Waals surface area contributed by atoms with Crippen molar-refractivity contribution in [2.75, 3.05) is 6.54 Å². The van der Waals surface area contributed by atoms with Gasteiger partial charge in [0.25, 0.3) is 0 Å². The maximum atomic E-state index is 5.58. The summed E-state index contributed by atoms with van der Waals surface area (Å²) in [6.07, 6.45) is 4.46. The molecule has 0 spiro atoms. The van der Waals surface area contributed by atoms with Crippen LogP contribution in [0.25, 0.3) is 0 Å². The van der Waals surface area contributed by atoms with Crippen molar-refractivity contribution in [2.45, 2.75) is 19.9 Å². The molecule has 4 nitrogen and oxygen atoms in total. The van der Waals surface area contributed by atoms with Crippen LogP contribution in [-0.4, -0.2) is 16.5 Å². The third kappa shape index (κ3) is 3.82. The minimum atomic E-state index is 0.371. The van der Waals surface area contributed by atoms with Gasteiger partial charge in [-0.2, -0.15) is 0 Å². The molecule has 0 aliphatic carbocycles. The summed E-state index contributed by atoms with van der Waals surface area (Å²) in [5.41, 5.74) is 1.19. The molecule has 1 aromatic heterocycles. The second-order valence-electron chi connectivity index (χ2n) is 3.96. The Morgan fingerprint density at radius 2 is 2.00 bits per heavy atom. The zero-order chi connectivity index (χ0) is 12.6. The number of hydrogen-bond acceptors (Lipinski definition) is 4. The van der Waals surface area contributed by atoms with Gasteiger partial charge in [0.15, 0.2) is 0 Å². The highest BCUT2D eigenvalue weighted by Crippen LogP contribution is 2.18. The van der Waals surface area contributed by atoms with Crippen LogP contribution >= 0.6 is 0 Å². The van der Waals surface area contributed by atoms with E-state index in [1.165, 1.54) is 5.56 Å². The van der Waals surface area contributed by atoms with E-state index in [0.29, 0.717) is 6.01 Å². The van der Waals surface area contributed by atoms with Crippen molar-refractivity contribution in [3.63, 3.8) is 0 Å². The molecular weight excluding hydrogens is 226 g/mol. The van der Waals surface area contributed by atoms with E-state index in [1.54, 1.807) is 18.5 Å². The first-order valence-corrected chi connectivity index (χ1v) is 6.13. The van der Waals surface area contributed by atoms with E-state index in [9.17, 15) is 0 Å². The van der Waals surface area contributed by atoms with Crippen LogP contribution in [0.15, 0.2) is 42.7 Å². The number of rotatable bonds is 6. The highest BCUT2D eigenvalue weighted by molar-refractivity contribution is 5.30. The van der Waals surface area contributed by atoms with E-state index >= 15 is 0 Å². The molecule has 1 heterocycles. The molecule has 0 atom stereocenters. The van der Waals surface area contributed by atoms with Crippen LogP contribution in [0, 0.1) is 0 Å². The molecule has 2 aromatic rings. The van der Waals surface area contributed by atoms with E-state index in [-0.39, 0.29) is 0 Å². The first-order chi connectivity index (χ1) is 8.88. The third-order valence-electron chi connectivity index (χ3n) is 2.41. The van der Waals surface area contributed by atoms with E-state index in [1.807, 2.05) is 18.2 Å². The summed E-state index contributed by atoms with van der Waals surface area (Å²) >= 11 is 0. The Hall–Kier alpha value is -1.94. The molecule has 0 aliphatic heterocycles. The van der Waals surface area contributed by atoms with Crippen LogP contribution in [0.2, 0.25) is 0 Å². The van der Waals surface area contributed by atoms with Crippen LogP contribution in [0.4, 0.5) is 0 Å². The highest BCUT2D eigenvalue weighted by Gasteiger charge is 2.00. The molecule has 18 heavy (non-hydrogen) atoms. The molecule has 0 saturated carbocycles. The third-order valence-corrected chi connectivity index (χ3v) is 2.41. The Morgan fingerprint density at radius 1 is 1.17 bits per heavy atom. The first kappa shape index (κ1) is 12.5. The van der Waals surface area contributed by atoms with E-state index in [2.05, 4.69) is 28.3 Å². The number of ether oxygens (including phenoxy) is 1. The largest absolute Gasteiger partial charge is 0.424 e. The molecule has 1 N–H and O–H groups in total. The van der Waals surface area contributed by atoms with Gasteiger partial charge in [0.2, 0.25) is 0 Å². The Bertz CT molecular complexity index is 473. The smallest absolute Gasteiger partial charge is 0.321 e. The minimum absolute atomic E-state index is 0.371. The van der Waals surface area contributed by atoms with Crippen molar-refractivity contribution >= 4 is 0 Å². The summed E-state index contributed by atoms with van der Waals surface area (Å²) in [6.45, 7) is 4.02. The SMILES string of the molecule is CCCNCc1cccc(Oc2ncccn2)c1. The van der Waals surface area contributed by atoms with Gasteiger partial charge < -0.3 is 10.1 Å². The summed E-state index contributed by atoms with van der Waals surface area (Å²) in [5, 5.41) is 3.36. The molecule has 0 aliphatic rings. The van der Waals surface area contributed by atoms with Gasteiger partial charge >= 0.3 is 6.01 Å². The minimum Gasteiger partial charge on any atom is -0.424 e. The summed E-state index contributed by atoms with van der Waals surface area (Å²) in [6, 6.07) is 10.1. The number of benzene rings is 1. The van der Waals surface area contributed by atoms with Crippen molar-refractivity contribution in [2.24, 2.45) is 0 Å². The second-order valence-corrected chi connectivity index (χ2v) is 3.96. The fraction of sp³-hybridized carbons (Fsp3) is 0.286. The normalized spacial score (nSPS) is 10.3. The molecule has 0 amide bonds. The molecule has 1 aromatic carbocycles. The topological polar surface area (TPSA) is 47.0 Å². The van der Waals surface area contributed by atoms with Gasteiger partial charge in [0.1, 0.15) is 5.75 Å². The number of hydrogen-bond donors (Lipinski definition) is 1. The molecule has 94 valence electrons. The van der Waals surface area contributed by atoms with Crippen molar-refractivity contribution < 1.29 is 4.74 Å². The molecule has 0 saturated heterocycles. The van der Waals surface area contributed by atoms with Gasteiger partial charge in [-0.3, -0.25) is 0 Å². The van der Waals surface area contributed by atoms with Crippen LogP contribution in [-0.2, 0) is 6.54 Å².